The number of carbonyl (C=O) groups is 1. The molecule has 158 valence electrons. The third-order valence-electron chi connectivity index (χ3n) is 3.99. The van der Waals surface area contributed by atoms with Gasteiger partial charge in [-0.1, -0.05) is 20.3 Å². The Morgan fingerprint density at radius 3 is 2.41 bits per heavy atom. The Kier molecular flexibility index (Phi) is 8.50. The van der Waals surface area contributed by atoms with Crippen LogP contribution < -0.4 is 19.7 Å². The predicted molar refractivity (Wildman–Crippen MR) is 116 cm³/mol. The molecule has 1 aromatic heterocycles. The summed E-state index contributed by atoms with van der Waals surface area (Å²) in [4.78, 5) is 21.8. The number of cyclic esters (lactones) is 1. The Morgan fingerprint density at radius 2 is 1.90 bits per heavy atom. The number of aromatic nitrogens is 2. The van der Waals surface area contributed by atoms with Gasteiger partial charge in [-0.2, -0.15) is 4.98 Å². The number of amides is 1. The van der Waals surface area contributed by atoms with Crippen molar-refractivity contribution in [1.82, 2.24) is 9.97 Å². The zero-order valence-electron chi connectivity index (χ0n) is 17.4. The number of ether oxygens (including phenoxy) is 3. The number of hydrogen-bond acceptors (Lipinski definition) is 7. The molecule has 1 N–H and O–H groups in total. The van der Waals surface area contributed by atoms with Gasteiger partial charge in [-0.15, -0.1) is 0 Å². The standard InChI is InChI=1S/C17H19BrN4O4.C3H8/c1-10(11-8-12(24-2)15(18)13(9-11)25-3)20-16-19-5-4-14(21-16)22-6-7-26-17(22)23;1-3-2/h4-5,8-10H,6-7H2,1-3H3,(H,19,20,21);3H2,1-2H3. The third kappa shape index (κ3) is 5.72. The molecule has 0 spiro atoms. The molecule has 9 heteroatoms. The molecule has 1 aromatic carbocycles. The van der Waals surface area contributed by atoms with E-state index in [0.29, 0.717) is 36.4 Å². The highest BCUT2D eigenvalue weighted by atomic mass is 79.9. The quantitative estimate of drug-likeness (QED) is 0.653. The molecule has 1 fully saturated rings. The molecule has 8 nitrogen and oxygen atoms in total. The van der Waals surface area contributed by atoms with Crippen molar-refractivity contribution in [2.45, 2.75) is 33.2 Å². The highest BCUT2D eigenvalue weighted by molar-refractivity contribution is 9.10. The summed E-state index contributed by atoms with van der Waals surface area (Å²) in [6.45, 7) is 7.06. The van der Waals surface area contributed by atoms with Crippen molar-refractivity contribution in [2.75, 3.05) is 37.6 Å². The average Bonchev–Trinajstić information content (AvgIpc) is 3.15. The first kappa shape index (κ1) is 22.7. The fourth-order valence-corrected chi connectivity index (χ4v) is 3.14. The number of hydrogen-bond donors (Lipinski definition) is 1. The monoisotopic (exact) mass is 466 g/mol. The minimum Gasteiger partial charge on any atom is -0.495 e. The largest absolute Gasteiger partial charge is 0.495 e. The first-order chi connectivity index (χ1) is 13.9. The summed E-state index contributed by atoms with van der Waals surface area (Å²) >= 11 is 3.46. The van der Waals surface area contributed by atoms with E-state index in [1.807, 2.05) is 19.1 Å². The van der Waals surface area contributed by atoms with Crippen LogP contribution in [0.15, 0.2) is 28.9 Å². The minimum atomic E-state index is -0.398. The topological polar surface area (TPSA) is 85.8 Å². The molecule has 0 bridgehead atoms. The lowest BCUT2D eigenvalue weighted by Gasteiger charge is -2.18. The lowest BCUT2D eigenvalue weighted by Crippen LogP contribution is -2.25. The van der Waals surface area contributed by atoms with Crippen molar-refractivity contribution < 1.29 is 19.0 Å². The number of anilines is 2. The molecule has 0 saturated carbocycles. The summed E-state index contributed by atoms with van der Waals surface area (Å²) in [5.41, 5.74) is 0.941. The number of nitrogens with zero attached hydrogens (tertiary/aromatic N) is 3. The average molecular weight is 467 g/mol. The van der Waals surface area contributed by atoms with E-state index in [-0.39, 0.29) is 6.04 Å². The van der Waals surface area contributed by atoms with Crippen molar-refractivity contribution >= 4 is 33.8 Å². The van der Waals surface area contributed by atoms with Crippen LogP contribution in [-0.2, 0) is 4.74 Å². The van der Waals surface area contributed by atoms with Crippen LogP contribution in [0.2, 0.25) is 0 Å². The third-order valence-corrected chi connectivity index (χ3v) is 4.77. The number of carbonyl (C=O) groups excluding carboxylic acids is 1. The van der Waals surface area contributed by atoms with Gasteiger partial charge in [0.05, 0.1) is 26.8 Å². The predicted octanol–water partition coefficient (Wildman–Crippen LogP) is 4.80. The van der Waals surface area contributed by atoms with Gasteiger partial charge in [0.25, 0.3) is 0 Å². The summed E-state index contributed by atoms with van der Waals surface area (Å²) in [5, 5.41) is 3.23. The number of nitrogens with one attached hydrogen (secondary N) is 1. The first-order valence-electron chi connectivity index (χ1n) is 9.40. The highest BCUT2D eigenvalue weighted by Crippen LogP contribution is 2.37. The van der Waals surface area contributed by atoms with Crippen LogP contribution in [0.1, 0.15) is 38.8 Å². The van der Waals surface area contributed by atoms with E-state index in [2.05, 4.69) is 45.1 Å². The molecule has 2 aromatic rings. The van der Waals surface area contributed by atoms with E-state index in [4.69, 9.17) is 14.2 Å². The molecule has 1 aliphatic heterocycles. The minimum absolute atomic E-state index is 0.119. The van der Waals surface area contributed by atoms with Crippen LogP contribution in [-0.4, -0.2) is 43.4 Å². The van der Waals surface area contributed by atoms with Gasteiger partial charge in [-0.05, 0) is 46.6 Å². The zero-order valence-corrected chi connectivity index (χ0v) is 18.9. The van der Waals surface area contributed by atoms with Crippen molar-refractivity contribution in [3.05, 3.63) is 34.4 Å². The number of benzene rings is 1. The van der Waals surface area contributed by atoms with Gasteiger partial charge in [0.2, 0.25) is 5.95 Å². The molecular formula is C20H27BrN4O4. The molecule has 1 saturated heterocycles. The Hall–Kier alpha value is -2.55. The van der Waals surface area contributed by atoms with Crippen molar-refractivity contribution in [3.8, 4) is 11.5 Å². The smallest absolute Gasteiger partial charge is 0.415 e. The normalized spacial score (nSPS) is 13.9. The van der Waals surface area contributed by atoms with Crippen LogP contribution in [0, 0.1) is 0 Å². The van der Waals surface area contributed by atoms with Crippen molar-refractivity contribution in [3.63, 3.8) is 0 Å². The van der Waals surface area contributed by atoms with E-state index in [1.165, 1.54) is 11.3 Å². The Balaban J connectivity index is 0.000000941. The van der Waals surface area contributed by atoms with Crippen LogP contribution in [0.5, 0.6) is 11.5 Å². The zero-order chi connectivity index (χ0) is 21.4. The molecule has 0 aliphatic carbocycles. The van der Waals surface area contributed by atoms with Crippen molar-refractivity contribution in [1.29, 1.82) is 0 Å². The van der Waals surface area contributed by atoms with Gasteiger partial charge in [-0.25, -0.2) is 9.78 Å². The molecule has 2 heterocycles. The highest BCUT2D eigenvalue weighted by Gasteiger charge is 2.25. The second-order valence-electron chi connectivity index (χ2n) is 6.32. The van der Waals surface area contributed by atoms with Gasteiger partial charge >= 0.3 is 6.09 Å². The molecule has 1 amide bonds. The van der Waals surface area contributed by atoms with Gasteiger partial charge in [0, 0.05) is 6.20 Å². The maximum Gasteiger partial charge on any atom is 0.415 e. The van der Waals surface area contributed by atoms with E-state index in [0.717, 1.165) is 10.0 Å². The molecule has 1 aliphatic rings. The fourth-order valence-electron chi connectivity index (χ4n) is 2.59. The van der Waals surface area contributed by atoms with E-state index >= 15 is 0 Å². The van der Waals surface area contributed by atoms with Gasteiger partial charge in [0.1, 0.15) is 28.4 Å². The lowest BCUT2D eigenvalue weighted by molar-refractivity contribution is 0.181. The summed E-state index contributed by atoms with van der Waals surface area (Å²) in [5.74, 6) is 2.25. The Bertz CT molecular complexity index is 809. The summed E-state index contributed by atoms with van der Waals surface area (Å²) < 4.78 is 16.5. The van der Waals surface area contributed by atoms with E-state index in [9.17, 15) is 4.79 Å². The maximum atomic E-state index is 11.7. The summed E-state index contributed by atoms with van der Waals surface area (Å²) in [7, 11) is 3.20. The molecular weight excluding hydrogens is 440 g/mol. The lowest BCUT2D eigenvalue weighted by atomic mass is 10.1. The molecule has 29 heavy (non-hydrogen) atoms. The molecule has 1 unspecified atom stereocenters. The van der Waals surface area contributed by atoms with Gasteiger partial charge in [-0.3, -0.25) is 4.90 Å². The van der Waals surface area contributed by atoms with Gasteiger partial charge < -0.3 is 19.5 Å². The Morgan fingerprint density at radius 1 is 1.28 bits per heavy atom. The van der Waals surface area contributed by atoms with Crippen LogP contribution in [0.3, 0.4) is 0 Å². The fraction of sp³-hybridized carbons (Fsp3) is 0.450. The molecule has 1 atom stereocenters. The van der Waals surface area contributed by atoms with Crippen LogP contribution >= 0.6 is 15.9 Å². The second kappa shape index (κ2) is 10.8. The van der Waals surface area contributed by atoms with Crippen LogP contribution in [0.25, 0.3) is 0 Å². The number of rotatable bonds is 6. The number of halogens is 1. The second-order valence-corrected chi connectivity index (χ2v) is 7.11. The summed E-state index contributed by atoms with van der Waals surface area (Å²) in [6.07, 6.45) is 2.45. The molecule has 0 radical (unpaired) electrons. The van der Waals surface area contributed by atoms with Gasteiger partial charge in [0.15, 0.2) is 0 Å². The first-order valence-corrected chi connectivity index (χ1v) is 10.2. The Labute approximate surface area is 179 Å². The SMILES string of the molecule is CCC.COc1cc(C(C)Nc2nccc(N3CCOC3=O)n2)cc(OC)c1Br. The number of methoxy groups -OCH3 is 2. The summed E-state index contributed by atoms with van der Waals surface area (Å²) in [6, 6.07) is 5.37. The van der Waals surface area contributed by atoms with Crippen molar-refractivity contribution in [2.24, 2.45) is 0 Å². The van der Waals surface area contributed by atoms with E-state index in [1.54, 1.807) is 26.5 Å². The maximum absolute atomic E-state index is 11.7. The molecule has 3 rings (SSSR count). The van der Waals surface area contributed by atoms with E-state index < -0.39 is 6.09 Å². The van der Waals surface area contributed by atoms with Crippen LogP contribution in [0.4, 0.5) is 16.6 Å².